The number of hydrogen-bond donors (Lipinski definition) is 1. The number of thiophene rings is 1. The molecule has 3 nitrogen and oxygen atoms in total. The van der Waals surface area contributed by atoms with Crippen LogP contribution in [0.1, 0.15) is 16.7 Å². The molecule has 1 aromatic carbocycles. The zero-order valence-corrected chi connectivity index (χ0v) is 13.5. The van der Waals surface area contributed by atoms with Crippen LogP contribution in [0.25, 0.3) is 0 Å². The van der Waals surface area contributed by atoms with Crippen LogP contribution < -0.4 is 5.32 Å². The number of benzene rings is 1. The molecule has 0 unspecified atom stereocenters. The van der Waals surface area contributed by atoms with Gasteiger partial charge in [0.15, 0.2) is 11.6 Å². The molecule has 2 aromatic rings. The number of halogens is 2. The molecule has 1 amide bonds. The van der Waals surface area contributed by atoms with Crippen molar-refractivity contribution in [3.05, 3.63) is 51.7 Å². The Morgan fingerprint density at radius 2 is 1.91 bits per heavy atom. The molecule has 0 saturated carbocycles. The summed E-state index contributed by atoms with van der Waals surface area (Å²) in [5.74, 6) is -2.75. The van der Waals surface area contributed by atoms with Crippen molar-refractivity contribution in [3.8, 4) is 0 Å². The van der Waals surface area contributed by atoms with Crippen LogP contribution in [-0.2, 0) is 28.6 Å². The van der Waals surface area contributed by atoms with E-state index in [9.17, 15) is 17.8 Å². The highest BCUT2D eigenvalue weighted by molar-refractivity contribution is 7.85. The van der Waals surface area contributed by atoms with Crippen LogP contribution in [0.4, 0.5) is 8.78 Å². The molecule has 0 aliphatic heterocycles. The van der Waals surface area contributed by atoms with Gasteiger partial charge in [-0.25, -0.2) is 8.78 Å². The van der Waals surface area contributed by atoms with Crippen LogP contribution in [0.15, 0.2) is 35.2 Å². The average Bonchev–Trinajstić information content (AvgIpc) is 2.96. The van der Waals surface area contributed by atoms with Crippen LogP contribution in [0, 0.1) is 11.6 Å². The topological polar surface area (TPSA) is 46.2 Å². The Balaban J connectivity index is 1.88. The van der Waals surface area contributed by atoms with Crippen LogP contribution >= 0.6 is 11.3 Å². The Morgan fingerprint density at radius 1 is 1.18 bits per heavy atom. The normalized spacial score (nSPS) is 12.1. The van der Waals surface area contributed by atoms with Crippen molar-refractivity contribution in [3.63, 3.8) is 0 Å². The minimum atomic E-state index is -1.70. The summed E-state index contributed by atoms with van der Waals surface area (Å²) in [5.41, 5.74) is 0. The van der Waals surface area contributed by atoms with Crippen molar-refractivity contribution in [2.45, 2.75) is 24.8 Å². The molecule has 0 spiro atoms. The Kier molecular flexibility index (Phi) is 5.79. The smallest absolute Gasteiger partial charge is 0.233 e. The molecular weight excluding hydrogens is 328 g/mol. The second kappa shape index (κ2) is 7.60. The molecule has 0 fully saturated rings. The second-order valence-corrected chi connectivity index (χ2v) is 7.27. The molecule has 1 atom stereocenters. The Labute approximate surface area is 133 Å². The lowest BCUT2D eigenvalue weighted by atomic mass is 10.3. The monoisotopic (exact) mass is 343 g/mol. The summed E-state index contributed by atoms with van der Waals surface area (Å²) in [7, 11) is -1.70. The maximum Gasteiger partial charge on any atom is 0.233 e. The van der Waals surface area contributed by atoms with Crippen molar-refractivity contribution in [2.24, 2.45) is 0 Å². The fourth-order valence-electron chi connectivity index (χ4n) is 1.76. The van der Waals surface area contributed by atoms with E-state index in [1.807, 2.05) is 12.1 Å². The van der Waals surface area contributed by atoms with E-state index in [1.165, 1.54) is 10.9 Å². The van der Waals surface area contributed by atoms with Gasteiger partial charge in [0.25, 0.3) is 0 Å². The van der Waals surface area contributed by atoms with Gasteiger partial charge in [0, 0.05) is 14.6 Å². The van der Waals surface area contributed by atoms with Gasteiger partial charge in [0.05, 0.1) is 17.3 Å². The van der Waals surface area contributed by atoms with E-state index < -0.39 is 28.3 Å². The largest absolute Gasteiger partial charge is 0.350 e. The molecule has 22 heavy (non-hydrogen) atoms. The van der Waals surface area contributed by atoms with Crippen molar-refractivity contribution < 1.29 is 17.8 Å². The summed E-state index contributed by atoms with van der Waals surface area (Å²) >= 11 is 1.61. The van der Waals surface area contributed by atoms with E-state index in [0.717, 1.165) is 23.4 Å². The fraction of sp³-hybridized carbons (Fsp3) is 0.267. The third-order valence-corrected chi connectivity index (χ3v) is 5.48. The SMILES string of the molecule is CCc1ccc(CNC(=O)C[S@](=O)c2ccc(F)c(F)c2)s1. The quantitative estimate of drug-likeness (QED) is 0.876. The molecule has 118 valence electrons. The molecule has 1 heterocycles. The van der Waals surface area contributed by atoms with Crippen LogP contribution in [-0.4, -0.2) is 15.9 Å². The molecule has 0 aliphatic carbocycles. The van der Waals surface area contributed by atoms with Gasteiger partial charge in [-0.05, 0) is 36.8 Å². The van der Waals surface area contributed by atoms with Gasteiger partial charge >= 0.3 is 0 Å². The first kappa shape index (κ1) is 16.8. The maximum atomic E-state index is 13.1. The van der Waals surface area contributed by atoms with Crippen LogP contribution in [0.5, 0.6) is 0 Å². The number of rotatable bonds is 6. The third-order valence-electron chi connectivity index (χ3n) is 2.94. The number of carbonyl (C=O) groups is 1. The number of nitrogens with one attached hydrogen (secondary N) is 1. The van der Waals surface area contributed by atoms with Crippen molar-refractivity contribution in [1.29, 1.82) is 0 Å². The average molecular weight is 343 g/mol. The summed E-state index contributed by atoms with van der Waals surface area (Å²) in [6.45, 7) is 2.43. The van der Waals surface area contributed by atoms with Gasteiger partial charge in [-0.15, -0.1) is 11.3 Å². The van der Waals surface area contributed by atoms with Crippen molar-refractivity contribution in [1.82, 2.24) is 5.32 Å². The minimum absolute atomic E-state index is 0.0958. The van der Waals surface area contributed by atoms with Crippen molar-refractivity contribution in [2.75, 3.05) is 5.75 Å². The van der Waals surface area contributed by atoms with Gasteiger partial charge in [0.1, 0.15) is 5.75 Å². The Bertz CT molecular complexity index is 701. The van der Waals surface area contributed by atoms with Gasteiger partial charge in [0.2, 0.25) is 5.91 Å². The third kappa shape index (κ3) is 4.45. The molecule has 0 saturated heterocycles. The summed E-state index contributed by atoms with van der Waals surface area (Å²) in [6.07, 6.45) is 0.943. The van der Waals surface area contributed by atoms with E-state index >= 15 is 0 Å². The first-order valence-corrected chi connectivity index (χ1v) is 8.81. The summed E-state index contributed by atoms with van der Waals surface area (Å²) in [6, 6.07) is 6.92. The predicted octanol–water partition coefficient (Wildman–Crippen LogP) is 3.01. The number of carbonyl (C=O) groups excluding carboxylic acids is 1. The highest BCUT2D eigenvalue weighted by Crippen LogP contribution is 2.16. The summed E-state index contributed by atoms with van der Waals surface area (Å²) in [5, 5.41) is 2.67. The molecule has 2 rings (SSSR count). The predicted molar refractivity (Wildman–Crippen MR) is 83.2 cm³/mol. The summed E-state index contributed by atoms with van der Waals surface area (Å²) < 4.78 is 37.8. The lowest BCUT2D eigenvalue weighted by Crippen LogP contribution is -2.27. The molecule has 0 bridgehead atoms. The standard InChI is InChI=1S/C15H15F2NO2S2/c1-2-10-3-4-11(21-10)8-18-15(19)9-22(20)12-5-6-13(16)14(17)7-12/h3-7H,2,8-9H2,1H3,(H,18,19)/t22-/m0/s1. The Hall–Kier alpha value is -1.60. The van der Waals surface area contributed by atoms with E-state index in [-0.39, 0.29) is 10.6 Å². The molecule has 1 aromatic heterocycles. The number of hydrogen-bond acceptors (Lipinski definition) is 3. The highest BCUT2D eigenvalue weighted by atomic mass is 32.2. The number of aryl methyl sites for hydroxylation is 1. The van der Waals surface area contributed by atoms with Crippen LogP contribution in [0.3, 0.4) is 0 Å². The summed E-state index contributed by atoms with van der Waals surface area (Å²) in [4.78, 5) is 14.1. The van der Waals surface area contributed by atoms with E-state index in [2.05, 4.69) is 12.2 Å². The lowest BCUT2D eigenvalue weighted by molar-refractivity contribution is -0.118. The molecule has 1 N–H and O–H groups in total. The van der Waals surface area contributed by atoms with E-state index in [0.29, 0.717) is 6.54 Å². The number of amides is 1. The zero-order chi connectivity index (χ0) is 16.1. The lowest BCUT2D eigenvalue weighted by Gasteiger charge is -2.05. The van der Waals surface area contributed by atoms with Gasteiger partial charge < -0.3 is 5.32 Å². The molecule has 0 radical (unpaired) electrons. The highest BCUT2D eigenvalue weighted by Gasteiger charge is 2.13. The van der Waals surface area contributed by atoms with Crippen LogP contribution in [0.2, 0.25) is 0 Å². The fourth-order valence-corrected chi connectivity index (χ4v) is 3.62. The van der Waals surface area contributed by atoms with Gasteiger partial charge in [-0.2, -0.15) is 0 Å². The van der Waals surface area contributed by atoms with Gasteiger partial charge in [-0.1, -0.05) is 6.92 Å². The minimum Gasteiger partial charge on any atom is -0.350 e. The second-order valence-electron chi connectivity index (χ2n) is 4.56. The van der Waals surface area contributed by atoms with E-state index in [4.69, 9.17) is 0 Å². The molecular formula is C15H15F2NO2S2. The first-order chi connectivity index (χ1) is 10.5. The van der Waals surface area contributed by atoms with E-state index in [1.54, 1.807) is 11.3 Å². The van der Waals surface area contributed by atoms with Crippen molar-refractivity contribution >= 4 is 28.0 Å². The zero-order valence-electron chi connectivity index (χ0n) is 11.9. The maximum absolute atomic E-state index is 13.1. The molecule has 0 aliphatic rings. The first-order valence-electron chi connectivity index (χ1n) is 6.67. The molecule has 7 heteroatoms. The Morgan fingerprint density at radius 3 is 2.55 bits per heavy atom. The van der Waals surface area contributed by atoms with Gasteiger partial charge in [-0.3, -0.25) is 9.00 Å².